The number of nitrogens with two attached hydrogens (primary N) is 1. The van der Waals surface area contributed by atoms with Crippen LogP contribution in [0.2, 0.25) is 0 Å². The Labute approximate surface area is 78.4 Å². The minimum absolute atomic E-state index is 0.0863. The second-order valence-electron chi connectivity index (χ2n) is 2.69. The number of aromatic hydroxyl groups is 1. The fraction of sp³-hybridized carbons (Fsp3) is 0.250. The third kappa shape index (κ3) is 1.63. The van der Waals surface area contributed by atoms with E-state index in [1.165, 1.54) is 6.92 Å². The highest BCUT2D eigenvalue weighted by atomic mass is 19.3. The van der Waals surface area contributed by atoms with E-state index in [1.54, 1.807) is 0 Å². The van der Waals surface area contributed by atoms with E-state index in [-0.39, 0.29) is 5.69 Å². The summed E-state index contributed by atoms with van der Waals surface area (Å²) in [7, 11) is 0. The number of carbonyl (C=O) groups is 1. The third-order valence-corrected chi connectivity index (χ3v) is 1.75. The molecule has 1 aromatic heterocycles. The molecule has 6 heteroatoms. The van der Waals surface area contributed by atoms with E-state index in [2.05, 4.69) is 4.98 Å². The first-order chi connectivity index (χ1) is 6.45. The van der Waals surface area contributed by atoms with Crippen LogP contribution >= 0.6 is 0 Å². The lowest BCUT2D eigenvalue weighted by Gasteiger charge is -2.08. The molecule has 0 bridgehead atoms. The molecule has 1 amide bonds. The molecule has 1 aromatic rings. The first-order valence-electron chi connectivity index (χ1n) is 3.71. The van der Waals surface area contributed by atoms with Crippen molar-refractivity contribution in [1.82, 2.24) is 4.98 Å². The molecule has 0 unspecified atom stereocenters. The maximum atomic E-state index is 12.3. The summed E-state index contributed by atoms with van der Waals surface area (Å²) in [6.45, 7) is 1.39. The van der Waals surface area contributed by atoms with Gasteiger partial charge in [-0.3, -0.25) is 9.78 Å². The van der Waals surface area contributed by atoms with Gasteiger partial charge in [0.15, 0.2) is 0 Å². The molecular weight excluding hydrogens is 194 g/mol. The second kappa shape index (κ2) is 3.57. The van der Waals surface area contributed by atoms with Crippen molar-refractivity contribution in [2.45, 2.75) is 13.3 Å². The summed E-state index contributed by atoms with van der Waals surface area (Å²) in [5, 5.41) is 9.30. The molecule has 1 rings (SSSR count). The van der Waals surface area contributed by atoms with Crippen molar-refractivity contribution in [1.29, 1.82) is 0 Å². The first kappa shape index (κ1) is 10.4. The van der Waals surface area contributed by atoms with Crippen LogP contribution in [-0.2, 0) is 0 Å². The average Bonchev–Trinajstić information content (AvgIpc) is 2.08. The first-order valence-corrected chi connectivity index (χ1v) is 3.71. The number of hydrogen-bond acceptors (Lipinski definition) is 3. The van der Waals surface area contributed by atoms with Crippen LogP contribution in [0.3, 0.4) is 0 Å². The topological polar surface area (TPSA) is 76.2 Å². The number of alkyl halides is 2. The van der Waals surface area contributed by atoms with Gasteiger partial charge in [-0.2, -0.15) is 0 Å². The minimum Gasteiger partial charge on any atom is -0.505 e. The highest BCUT2D eigenvalue weighted by molar-refractivity contribution is 5.97. The van der Waals surface area contributed by atoms with Crippen LogP contribution in [-0.4, -0.2) is 16.0 Å². The zero-order valence-corrected chi connectivity index (χ0v) is 7.29. The number of primary amides is 1. The van der Waals surface area contributed by atoms with Gasteiger partial charge in [0.1, 0.15) is 5.75 Å². The molecule has 0 aromatic carbocycles. The summed E-state index contributed by atoms with van der Waals surface area (Å²) < 4.78 is 24.7. The van der Waals surface area contributed by atoms with Gasteiger partial charge in [0.05, 0.1) is 16.8 Å². The lowest BCUT2D eigenvalue weighted by molar-refractivity contribution is 0.0982. The van der Waals surface area contributed by atoms with Crippen molar-refractivity contribution < 1.29 is 18.7 Å². The molecule has 1 heterocycles. The fourth-order valence-electron chi connectivity index (χ4n) is 1.03. The summed E-state index contributed by atoms with van der Waals surface area (Å²) in [5.74, 6) is -1.68. The van der Waals surface area contributed by atoms with Crippen LogP contribution in [0.5, 0.6) is 5.75 Å². The lowest BCUT2D eigenvalue weighted by Crippen LogP contribution is -2.15. The summed E-state index contributed by atoms with van der Waals surface area (Å²) in [6.07, 6.45) is -2.06. The van der Waals surface area contributed by atoms with Gasteiger partial charge < -0.3 is 10.8 Å². The zero-order valence-electron chi connectivity index (χ0n) is 7.29. The summed E-state index contributed by atoms with van der Waals surface area (Å²) in [4.78, 5) is 14.3. The van der Waals surface area contributed by atoms with Crippen molar-refractivity contribution in [3.63, 3.8) is 0 Å². The molecule has 0 radical (unpaired) electrons. The number of halogens is 2. The van der Waals surface area contributed by atoms with E-state index in [9.17, 15) is 18.7 Å². The van der Waals surface area contributed by atoms with E-state index in [0.29, 0.717) is 0 Å². The molecule has 0 aliphatic carbocycles. The van der Waals surface area contributed by atoms with Gasteiger partial charge in [0.2, 0.25) is 0 Å². The molecular formula is C8H8F2N2O2. The number of rotatable bonds is 2. The Morgan fingerprint density at radius 2 is 2.21 bits per heavy atom. The third-order valence-electron chi connectivity index (χ3n) is 1.75. The number of carbonyl (C=O) groups excluding carboxylic acids is 1. The van der Waals surface area contributed by atoms with Crippen molar-refractivity contribution >= 4 is 5.91 Å². The Hall–Kier alpha value is -1.72. The van der Waals surface area contributed by atoms with Crippen LogP contribution in [0.25, 0.3) is 0 Å². The van der Waals surface area contributed by atoms with Crippen molar-refractivity contribution in [3.05, 3.63) is 23.0 Å². The van der Waals surface area contributed by atoms with Gasteiger partial charge in [0, 0.05) is 6.20 Å². The average molecular weight is 202 g/mol. The van der Waals surface area contributed by atoms with Gasteiger partial charge in [0.25, 0.3) is 12.3 Å². The molecule has 3 N–H and O–H groups in total. The number of aromatic nitrogens is 1. The van der Waals surface area contributed by atoms with E-state index < -0.39 is 29.2 Å². The summed E-state index contributed by atoms with van der Waals surface area (Å²) in [5.41, 5.74) is 3.73. The number of pyridine rings is 1. The van der Waals surface area contributed by atoms with Crippen LogP contribution in [0.1, 0.15) is 28.0 Å². The molecule has 0 aliphatic heterocycles. The van der Waals surface area contributed by atoms with E-state index in [1.807, 2.05) is 0 Å². The predicted molar refractivity (Wildman–Crippen MR) is 44.1 cm³/mol. The number of aryl methyl sites for hydroxylation is 1. The van der Waals surface area contributed by atoms with Crippen LogP contribution in [0.4, 0.5) is 8.78 Å². The van der Waals surface area contributed by atoms with Crippen molar-refractivity contribution in [2.75, 3.05) is 0 Å². The zero-order chi connectivity index (χ0) is 10.9. The SMILES string of the molecule is Cc1ncc(C(F)F)c(C(N)=O)c1O. The molecule has 0 atom stereocenters. The van der Waals surface area contributed by atoms with E-state index in [0.717, 1.165) is 6.20 Å². The Morgan fingerprint density at radius 1 is 1.64 bits per heavy atom. The Kier molecular flexibility index (Phi) is 2.64. The largest absolute Gasteiger partial charge is 0.505 e. The van der Waals surface area contributed by atoms with E-state index >= 15 is 0 Å². The predicted octanol–water partition coefficient (Wildman–Crippen LogP) is 1.13. The van der Waals surface area contributed by atoms with Crippen molar-refractivity contribution in [3.8, 4) is 5.75 Å². The van der Waals surface area contributed by atoms with Gasteiger partial charge in [-0.15, -0.1) is 0 Å². The molecule has 76 valence electrons. The van der Waals surface area contributed by atoms with Gasteiger partial charge in [-0.25, -0.2) is 8.78 Å². The van der Waals surface area contributed by atoms with Gasteiger partial charge in [-0.1, -0.05) is 0 Å². The van der Waals surface area contributed by atoms with Crippen LogP contribution in [0, 0.1) is 6.92 Å². The number of amides is 1. The molecule has 4 nitrogen and oxygen atoms in total. The Morgan fingerprint density at radius 3 is 2.64 bits per heavy atom. The van der Waals surface area contributed by atoms with E-state index in [4.69, 9.17) is 5.73 Å². The number of nitrogens with zero attached hydrogens (tertiary/aromatic N) is 1. The molecule has 14 heavy (non-hydrogen) atoms. The minimum atomic E-state index is -2.89. The second-order valence-corrected chi connectivity index (χ2v) is 2.69. The molecule has 0 saturated carbocycles. The van der Waals surface area contributed by atoms with Gasteiger partial charge >= 0.3 is 0 Å². The molecule has 0 fully saturated rings. The summed E-state index contributed by atoms with van der Waals surface area (Å²) in [6, 6.07) is 0. The fourth-order valence-corrected chi connectivity index (χ4v) is 1.03. The maximum absolute atomic E-state index is 12.3. The normalized spacial score (nSPS) is 10.6. The molecule has 0 spiro atoms. The Balaban J connectivity index is 3.45. The standard InChI is InChI=1S/C8H8F2N2O2/c1-3-6(13)5(8(11)14)4(2-12-3)7(9)10/h2,7,13H,1H3,(H2,11,14). The summed E-state index contributed by atoms with van der Waals surface area (Å²) >= 11 is 0. The Bertz CT molecular complexity index is 380. The van der Waals surface area contributed by atoms with Gasteiger partial charge in [-0.05, 0) is 6.92 Å². The quantitative estimate of drug-likeness (QED) is 0.754. The molecule has 0 aliphatic rings. The maximum Gasteiger partial charge on any atom is 0.266 e. The number of hydrogen-bond donors (Lipinski definition) is 2. The van der Waals surface area contributed by atoms with Crippen molar-refractivity contribution in [2.24, 2.45) is 5.73 Å². The van der Waals surface area contributed by atoms with Crippen LogP contribution in [0.15, 0.2) is 6.20 Å². The lowest BCUT2D eigenvalue weighted by atomic mass is 10.1. The smallest absolute Gasteiger partial charge is 0.266 e. The highest BCUT2D eigenvalue weighted by Crippen LogP contribution is 2.29. The highest BCUT2D eigenvalue weighted by Gasteiger charge is 2.22. The van der Waals surface area contributed by atoms with Crippen LogP contribution < -0.4 is 5.73 Å². The molecule has 0 saturated heterocycles. The monoisotopic (exact) mass is 202 g/mol.